The Bertz CT molecular complexity index is 183. The summed E-state index contributed by atoms with van der Waals surface area (Å²) in [5.41, 5.74) is 3.17. The van der Waals surface area contributed by atoms with Crippen LogP contribution < -0.4 is 11.3 Å². The minimum atomic E-state index is 0.154. The number of likely N-dealkylation sites (N-methyl/N-ethyl adjacent to an activating group) is 1. The minimum absolute atomic E-state index is 0.154. The van der Waals surface area contributed by atoms with Crippen molar-refractivity contribution in [3.63, 3.8) is 0 Å². The molecule has 1 rings (SSSR count). The Morgan fingerprint density at radius 3 is 2.20 bits per heavy atom. The van der Waals surface area contributed by atoms with Gasteiger partial charge in [0.25, 0.3) is 0 Å². The van der Waals surface area contributed by atoms with Crippen molar-refractivity contribution >= 4 is 0 Å². The molecule has 3 nitrogen and oxygen atoms in total. The molecule has 0 spiro atoms. The Labute approximate surface area is 94.4 Å². The Morgan fingerprint density at radius 1 is 1.33 bits per heavy atom. The van der Waals surface area contributed by atoms with E-state index < -0.39 is 0 Å². The molecule has 0 aromatic rings. The second-order valence-corrected chi connectivity index (χ2v) is 5.22. The van der Waals surface area contributed by atoms with E-state index in [0.717, 1.165) is 19.0 Å². The minimum Gasteiger partial charge on any atom is -0.297 e. The van der Waals surface area contributed by atoms with Crippen LogP contribution in [0.1, 0.15) is 47.0 Å². The van der Waals surface area contributed by atoms with Crippen LogP contribution in [0.2, 0.25) is 0 Å². The molecule has 0 amide bonds. The Morgan fingerprint density at radius 2 is 1.87 bits per heavy atom. The van der Waals surface area contributed by atoms with Crippen LogP contribution in [0, 0.1) is 5.92 Å². The maximum Gasteiger partial charge on any atom is 0.0392 e. The summed E-state index contributed by atoms with van der Waals surface area (Å²) >= 11 is 0. The summed E-state index contributed by atoms with van der Waals surface area (Å²) in [7, 11) is 0. The van der Waals surface area contributed by atoms with E-state index in [0.29, 0.717) is 6.04 Å². The quantitative estimate of drug-likeness (QED) is 0.500. The van der Waals surface area contributed by atoms with Crippen LogP contribution in [0.4, 0.5) is 0 Å². The largest absolute Gasteiger partial charge is 0.297 e. The van der Waals surface area contributed by atoms with Crippen LogP contribution in [0.3, 0.4) is 0 Å². The lowest BCUT2D eigenvalue weighted by molar-refractivity contribution is 0.0851. The molecule has 0 saturated heterocycles. The molecule has 0 aromatic carbocycles. The van der Waals surface area contributed by atoms with Crippen molar-refractivity contribution in [2.45, 2.75) is 58.5 Å². The molecular weight excluding hydrogens is 186 g/mol. The van der Waals surface area contributed by atoms with Gasteiger partial charge < -0.3 is 0 Å². The van der Waals surface area contributed by atoms with Gasteiger partial charge in [-0.25, -0.2) is 0 Å². The number of rotatable bonds is 7. The van der Waals surface area contributed by atoms with Gasteiger partial charge in [0.2, 0.25) is 0 Å². The number of nitrogens with two attached hydrogens (primary N) is 1. The fraction of sp³-hybridized carbons (Fsp3) is 1.00. The topological polar surface area (TPSA) is 41.3 Å². The molecule has 90 valence electrons. The summed E-state index contributed by atoms with van der Waals surface area (Å²) < 4.78 is 0. The summed E-state index contributed by atoms with van der Waals surface area (Å²) in [6.45, 7) is 11.2. The van der Waals surface area contributed by atoms with Gasteiger partial charge in [0.15, 0.2) is 0 Å². The van der Waals surface area contributed by atoms with Gasteiger partial charge in [0.1, 0.15) is 0 Å². The molecule has 1 aliphatic rings. The summed E-state index contributed by atoms with van der Waals surface area (Å²) in [5.74, 6) is 6.62. The molecule has 0 aliphatic heterocycles. The molecular formula is C12H27N3. The fourth-order valence-corrected chi connectivity index (χ4v) is 2.51. The van der Waals surface area contributed by atoms with Crippen molar-refractivity contribution < 1.29 is 0 Å². The molecule has 1 fully saturated rings. The van der Waals surface area contributed by atoms with Crippen molar-refractivity contribution in [2.75, 3.05) is 13.1 Å². The van der Waals surface area contributed by atoms with Crippen LogP contribution in [0.5, 0.6) is 0 Å². The van der Waals surface area contributed by atoms with Gasteiger partial charge in [0.05, 0.1) is 0 Å². The maximum atomic E-state index is 5.71. The molecule has 15 heavy (non-hydrogen) atoms. The molecule has 0 bridgehead atoms. The standard InChI is InChI=1S/C12H27N3/c1-5-15(6-2)12(3,4)11(14-13)9-10-7-8-10/h10-11,14H,5-9,13H2,1-4H3. The van der Waals surface area contributed by atoms with Gasteiger partial charge in [0, 0.05) is 11.6 Å². The van der Waals surface area contributed by atoms with Gasteiger partial charge in [-0.15, -0.1) is 0 Å². The predicted molar refractivity (Wildman–Crippen MR) is 65.5 cm³/mol. The van der Waals surface area contributed by atoms with Crippen LogP contribution >= 0.6 is 0 Å². The molecule has 0 heterocycles. The van der Waals surface area contributed by atoms with Crippen molar-refractivity contribution in [1.29, 1.82) is 0 Å². The number of hydrogen-bond acceptors (Lipinski definition) is 3. The predicted octanol–water partition coefficient (Wildman–Crippen LogP) is 1.74. The highest BCUT2D eigenvalue weighted by Gasteiger charge is 2.37. The summed E-state index contributed by atoms with van der Waals surface area (Å²) in [4.78, 5) is 2.49. The number of nitrogens with one attached hydrogen (secondary N) is 1. The first kappa shape index (κ1) is 12.9. The van der Waals surface area contributed by atoms with Crippen LogP contribution in [-0.2, 0) is 0 Å². The molecule has 1 unspecified atom stereocenters. The SMILES string of the molecule is CCN(CC)C(C)(C)C(CC1CC1)NN. The average Bonchev–Trinajstić information content (AvgIpc) is 2.98. The summed E-state index contributed by atoms with van der Waals surface area (Å²) in [6, 6.07) is 0.407. The molecule has 3 heteroatoms. The third kappa shape index (κ3) is 3.16. The highest BCUT2D eigenvalue weighted by atomic mass is 15.3. The highest BCUT2D eigenvalue weighted by molar-refractivity contribution is 4.95. The van der Waals surface area contributed by atoms with E-state index in [4.69, 9.17) is 5.84 Å². The van der Waals surface area contributed by atoms with E-state index in [1.54, 1.807) is 0 Å². The normalized spacial score (nSPS) is 19.6. The third-order valence-electron chi connectivity index (χ3n) is 3.90. The Kier molecular flexibility index (Phi) is 4.56. The van der Waals surface area contributed by atoms with Crippen molar-refractivity contribution in [2.24, 2.45) is 11.8 Å². The van der Waals surface area contributed by atoms with Gasteiger partial charge in [-0.2, -0.15) is 0 Å². The number of nitrogens with zero attached hydrogens (tertiary/aromatic N) is 1. The molecule has 1 aliphatic carbocycles. The summed E-state index contributed by atoms with van der Waals surface area (Å²) in [5, 5.41) is 0. The van der Waals surface area contributed by atoms with Gasteiger partial charge in [-0.3, -0.25) is 16.2 Å². The lowest BCUT2D eigenvalue weighted by Gasteiger charge is -2.43. The maximum absolute atomic E-state index is 5.71. The van der Waals surface area contributed by atoms with E-state index in [2.05, 4.69) is 38.0 Å². The zero-order valence-electron chi connectivity index (χ0n) is 10.7. The van der Waals surface area contributed by atoms with Gasteiger partial charge >= 0.3 is 0 Å². The van der Waals surface area contributed by atoms with Gasteiger partial charge in [-0.1, -0.05) is 26.7 Å². The van der Waals surface area contributed by atoms with Crippen LogP contribution in [0.25, 0.3) is 0 Å². The fourth-order valence-electron chi connectivity index (χ4n) is 2.51. The molecule has 1 saturated carbocycles. The lowest BCUT2D eigenvalue weighted by atomic mass is 9.88. The van der Waals surface area contributed by atoms with Crippen LogP contribution in [-0.4, -0.2) is 29.6 Å². The number of hydrazine groups is 1. The molecule has 1 atom stereocenters. The second-order valence-electron chi connectivity index (χ2n) is 5.22. The van der Waals surface area contributed by atoms with Crippen LogP contribution in [0.15, 0.2) is 0 Å². The van der Waals surface area contributed by atoms with E-state index >= 15 is 0 Å². The van der Waals surface area contributed by atoms with E-state index in [1.807, 2.05) is 0 Å². The van der Waals surface area contributed by atoms with Gasteiger partial charge in [-0.05, 0) is 39.3 Å². The monoisotopic (exact) mass is 213 g/mol. The van der Waals surface area contributed by atoms with Crippen molar-refractivity contribution in [3.8, 4) is 0 Å². The average molecular weight is 213 g/mol. The number of hydrogen-bond donors (Lipinski definition) is 2. The molecule has 3 N–H and O–H groups in total. The zero-order valence-corrected chi connectivity index (χ0v) is 10.7. The first-order chi connectivity index (χ1) is 7.06. The van der Waals surface area contributed by atoms with E-state index in [1.165, 1.54) is 19.3 Å². The molecule has 0 aromatic heterocycles. The van der Waals surface area contributed by atoms with E-state index in [-0.39, 0.29) is 5.54 Å². The third-order valence-corrected chi connectivity index (χ3v) is 3.90. The highest BCUT2D eigenvalue weighted by Crippen LogP contribution is 2.36. The Balaban J connectivity index is 2.60. The first-order valence-electron chi connectivity index (χ1n) is 6.27. The zero-order chi connectivity index (χ0) is 11.5. The second kappa shape index (κ2) is 5.28. The summed E-state index contributed by atoms with van der Waals surface area (Å²) in [6.07, 6.45) is 4.01. The molecule has 0 radical (unpaired) electrons. The smallest absolute Gasteiger partial charge is 0.0392 e. The van der Waals surface area contributed by atoms with E-state index in [9.17, 15) is 0 Å². The Hall–Kier alpha value is -0.120. The first-order valence-corrected chi connectivity index (χ1v) is 6.27. The van der Waals surface area contributed by atoms with Crippen molar-refractivity contribution in [1.82, 2.24) is 10.3 Å². The van der Waals surface area contributed by atoms with Crippen molar-refractivity contribution in [3.05, 3.63) is 0 Å². The lowest BCUT2D eigenvalue weighted by Crippen LogP contribution is -2.59.